The van der Waals surface area contributed by atoms with E-state index in [1.807, 2.05) is 30.5 Å². The van der Waals surface area contributed by atoms with Crippen LogP contribution in [0, 0.1) is 12.8 Å². The number of amides is 1. The lowest BCUT2D eigenvalue weighted by Gasteiger charge is -2.32. The molecule has 0 unspecified atom stereocenters. The number of primary amides is 1. The van der Waals surface area contributed by atoms with Gasteiger partial charge in [0.2, 0.25) is 0 Å². The van der Waals surface area contributed by atoms with Gasteiger partial charge in [0.25, 0.3) is 5.91 Å². The molecule has 31 heavy (non-hydrogen) atoms. The monoisotopic (exact) mass is 420 g/mol. The van der Waals surface area contributed by atoms with Crippen molar-refractivity contribution in [2.24, 2.45) is 11.7 Å². The van der Waals surface area contributed by atoms with Crippen molar-refractivity contribution in [3.63, 3.8) is 0 Å². The van der Waals surface area contributed by atoms with Crippen molar-refractivity contribution in [1.82, 2.24) is 19.9 Å². The number of hydrogen-bond acceptors (Lipinski definition) is 8. The van der Waals surface area contributed by atoms with Gasteiger partial charge in [-0.3, -0.25) is 14.6 Å². The Labute approximate surface area is 179 Å². The molecule has 0 spiro atoms. The zero-order valence-corrected chi connectivity index (χ0v) is 17.5. The van der Waals surface area contributed by atoms with Gasteiger partial charge >= 0.3 is 5.97 Å². The first-order chi connectivity index (χ1) is 14.9. The van der Waals surface area contributed by atoms with Crippen molar-refractivity contribution in [2.75, 3.05) is 18.0 Å². The van der Waals surface area contributed by atoms with Crippen LogP contribution in [0.1, 0.15) is 41.8 Å². The summed E-state index contributed by atoms with van der Waals surface area (Å²) in [5, 5.41) is 0. The van der Waals surface area contributed by atoms with Crippen molar-refractivity contribution in [3.05, 3.63) is 47.7 Å². The van der Waals surface area contributed by atoms with Gasteiger partial charge in [0.1, 0.15) is 11.6 Å². The van der Waals surface area contributed by atoms with Crippen LogP contribution in [0.5, 0.6) is 5.75 Å². The maximum Gasteiger partial charge on any atom is 0.308 e. The molecule has 1 amide bonds. The lowest BCUT2D eigenvalue weighted by atomic mass is 9.93. The third-order valence-corrected chi connectivity index (χ3v) is 5.41. The molecule has 0 bridgehead atoms. The minimum Gasteiger partial charge on any atom is -0.422 e. The molecule has 0 atom stereocenters. The Kier molecular flexibility index (Phi) is 5.75. The second kappa shape index (κ2) is 8.63. The number of rotatable bonds is 5. The van der Waals surface area contributed by atoms with E-state index in [1.165, 1.54) is 6.92 Å². The molecule has 3 aromatic rings. The smallest absolute Gasteiger partial charge is 0.308 e. The van der Waals surface area contributed by atoms with E-state index in [0.717, 1.165) is 42.8 Å². The number of piperidine rings is 1. The number of aromatic nitrogens is 4. The van der Waals surface area contributed by atoms with Gasteiger partial charge in [0.15, 0.2) is 11.4 Å². The number of benzene rings is 1. The Balaban J connectivity index is 1.44. The molecule has 4 rings (SSSR count). The first-order valence-corrected chi connectivity index (χ1v) is 10.2. The molecule has 1 aliphatic rings. The van der Waals surface area contributed by atoms with Crippen molar-refractivity contribution >= 4 is 28.7 Å². The molecule has 1 aromatic carbocycles. The summed E-state index contributed by atoms with van der Waals surface area (Å²) in [6, 6.07) is 7.83. The maximum atomic E-state index is 11.8. The summed E-state index contributed by atoms with van der Waals surface area (Å²) >= 11 is 0. The van der Waals surface area contributed by atoms with Crippen LogP contribution in [-0.2, 0) is 11.2 Å². The Hall–Kier alpha value is -3.62. The summed E-state index contributed by atoms with van der Waals surface area (Å²) < 4.78 is 5.09. The highest BCUT2D eigenvalue weighted by atomic mass is 16.5. The van der Waals surface area contributed by atoms with E-state index in [-0.39, 0.29) is 11.4 Å². The number of hydrogen-bond donors (Lipinski definition) is 1. The van der Waals surface area contributed by atoms with E-state index in [4.69, 9.17) is 15.5 Å². The van der Waals surface area contributed by atoms with Crippen LogP contribution in [0.2, 0.25) is 0 Å². The summed E-state index contributed by atoms with van der Waals surface area (Å²) in [5.74, 6) is 0.522. The summed E-state index contributed by atoms with van der Waals surface area (Å²) in [6.45, 7) is 4.64. The average molecular weight is 420 g/mol. The first kappa shape index (κ1) is 20.6. The minimum atomic E-state index is -0.743. The van der Waals surface area contributed by atoms with E-state index >= 15 is 0 Å². The number of ether oxygens (including phenoxy) is 1. The SMILES string of the molecule is CC(=O)Oc1c(C)nc(CC2CCN(c3cnc4ccccc4n3)CC2)nc1C(N)=O. The number of carbonyl (C=O) groups is 2. The quantitative estimate of drug-likeness (QED) is 0.623. The summed E-state index contributed by atoms with van der Waals surface area (Å²) in [7, 11) is 0. The summed E-state index contributed by atoms with van der Waals surface area (Å²) in [6.07, 6.45) is 4.32. The molecule has 1 aliphatic heterocycles. The van der Waals surface area contributed by atoms with Gasteiger partial charge in [0.05, 0.1) is 22.9 Å². The summed E-state index contributed by atoms with van der Waals surface area (Å²) in [5.41, 5.74) is 7.59. The number of esters is 1. The van der Waals surface area contributed by atoms with Crippen molar-refractivity contribution < 1.29 is 14.3 Å². The Morgan fingerprint density at radius 1 is 1.13 bits per heavy atom. The maximum absolute atomic E-state index is 11.8. The lowest BCUT2D eigenvalue weighted by Crippen LogP contribution is -2.35. The van der Waals surface area contributed by atoms with E-state index in [0.29, 0.717) is 23.9 Å². The zero-order valence-electron chi connectivity index (χ0n) is 17.5. The van der Waals surface area contributed by atoms with Crippen LogP contribution in [0.25, 0.3) is 11.0 Å². The van der Waals surface area contributed by atoms with Crippen LogP contribution in [0.4, 0.5) is 5.82 Å². The molecule has 9 nitrogen and oxygen atoms in total. The third-order valence-electron chi connectivity index (χ3n) is 5.41. The Bertz CT molecular complexity index is 1140. The number of carbonyl (C=O) groups excluding carboxylic acids is 2. The molecular weight excluding hydrogens is 396 g/mol. The average Bonchev–Trinajstić information content (AvgIpc) is 2.75. The molecule has 1 fully saturated rings. The fourth-order valence-electron chi connectivity index (χ4n) is 3.87. The fraction of sp³-hybridized carbons (Fsp3) is 0.364. The number of para-hydroxylation sites is 2. The normalized spacial score (nSPS) is 14.6. The zero-order chi connectivity index (χ0) is 22.0. The molecular formula is C22H24N6O3. The molecule has 0 saturated carbocycles. The Morgan fingerprint density at radius 2 is 1.84 bits per heavy atom. The topological polar surface area (TPSA) is 124 Å². The molecule has 3 heterocycles. The largest absolute Gasteiger partial charge is 0.422 e. The van der Waals surface area contributed by atoms with Gasteiger partial charge in [-0.2, -0.15) is 0 Å². The van der Waals surface area contributed by atoms with Crippen molar-refractivity contribution in [1.29, 1.82) is 0 Å². The number of anilines is 1. The van der Waals surface area contributed by atoms with Crippen LogP contribution < -0.4 is 15.4 Å². The van der Waals surface area contributed by atoms with Crippen molar-refractivity contribution in [3.8, 4) is 5.75 Å². The number of aryl methyl sites for hydroxylation is 1. The second-order valence-corrected chi connectivity index (χ2v) is 7.71. The highest BCUT2D eigenvalue weighted by Gasteiger charge is 2.24. The minimum absolute atomic E-state index is 0.0356. The molecule has 1 saturated heterocycles. The van der Waals surface area contributed by atoms with E-state index in [2.05, 4.69) is 19.9 Å². The van der Waals surface area contributed by atoms with Gasteiger partial charge in [-0.1, -0.05) is 12.1 Å². The predicted molar refractivity (Wildman–Crippen MR) is 115 cm³/mol. The lowest BCUT2D eigenvalue weighted by molar-refractivity contribution is -0.132. The van der Waals surface area contributed by atoms with Crippen molar-refractivity contribution in [2.45, 2.75) is 33.1 Å². The van der Waals surface area contributed by atoms with Gasteiger partial charge in [-0.05, 0) is 37.8 Å². The molecule has 0 radical (unpaired) electrons. The molecule has 0 aliphatic carbocycles. The predicted octanol–water partition coefficient (Wildman–Crippen LogP) is 2.21. The first-order valence-electron chi connectivity index (χ1n) is 10.2. The third kappa shape index (κ3) is 4.60. The van der Waals surface area contributed by atoms with Gasteiger partial charge in [-0.25, -0.2) is 15.0 Å². The van der Waals surface area contributed by atoms with E-state index in [1.54, 1.807) is 6.92 Å². The van der Waals surface area contributed by atoms with Gasteiger partial charge in [-0.15, -0.1) is 0 Å². The number of nitrogens with two attached hydrogens (primary N) is 1. The molecule has 9 heteroatoms. The number of fused-ring (bicyclic) bond motifs is 1. The van der Waals surface area contributed by atoms with Gasteiger partial charge < -0.3 is 15.4 Å². The highest BCUT2D eigenvalue weighted by molar-refractivity contribution is 5.94. The standard InChI is InChI=1S/C22H24N6O3/c1-13-21(31-14(2)29)20(22(23)30)27-18(25-13)11-15-7-9-28(10-8-15)19-12-24-16-5-3-4-6-17(16)26-19/h3-6,12,15H,7-11H2,1-2H3,(H2,23,30). The van der Waals surface area contributed by atoms with E-state index < -0.39 is 11.9 Å². The highest BCUT2D eigenvalue weighted by Crippen LogP contribution is 2.26. The molecule has 2 N–H and O–H groups in total. The van der Waals surface area contributed by atoms with Crippen LogP contribution in [-0.4, -0.2) is 44.9 Å². The summed E-state index contributed by atoms with van der Waals surface area (Å²) in [4.78, 5) is 43.3. The van der Waals surface area contributed by atoms with Crippen LogP contribution >= 0.6 is 0 Å². The van der Waals surface area contributed by atoms with Gasteiger partial charge in [0, 0.05) is 26.4 Å². The number of nitrogens with zero attached hydrogens (tertiary/aromatic N) is 5. The Morgan fingerprint density at radius 3 is 2.52 bits per heavy atom. The second-order valence-electron chi connectivity index (χ2n) is 7.71. The van der Waals surface area contributed by atoms with Crippen LogP contribution in [0.3, 0.4) is 0 Å². The van der Waals surface area contributed by atoms with E-state index in [9.17, 15) is 9.59 Å². The van der Waals surface area contributed by atoms with Crippen LogP contribution in [0.15, 0.2) is 30.5 Å². The molecule has 160 valence electrons. The fourth-order valence-corrected chi connectivity index (χ4v) is 3.87. The molecule has 2 aromatic heterocycles.